The average molecular weight is 317 g/mol. The lowest BCUT2D eigenvalue weighted by atomic mass is 10.2. The highest BCUT2D eigenvalue weighted by atomic mass is 32.1. The number of nitrogen functional groups attached to an aromatic ring is 1. The van der Waals surface area contributed by atoms with Crippen molar-refractivity contribution in [2.75, 3.05) is 41.7 Å². The Hall–Kier alpha value is -1.86. The first-order valence-electron chi connectivity index (χ1n) is 6.84. The van der Waals surface area contributed by atoms with Crippen molar-refractivity contribution in [3.63, 3.8) is 0 Å². The first-order chi connectivity index (χ1) is 10.3. The largest absolute Gasteiger partial charge is 0.395 e. The van der Waals surface area contributed by atoms with Crippen molar-refractivity contribution in [2.45, 2.75) is 0 Å². The molecule has 7 heteroatoms. The van der Waals surface area contributed by atoms with Crippen LogP contribution in [-0.4, -0.2) is 36.1 Å². The van der Waals surface area contributed by atoms with Gasteiger partial charge in [0.15, 0.2) is 5.13 Å². The van der Waals surface area contributed by atoms with Crippen molar-refractivity contribution < 1.29 is 0 Å². The van der Waals surface area contributed by atoms with Gasteiger partial charge < -0.3 is 15.5 Å². The molecule has 21 heavy (non-hydrogen) atoms. The van der Waals surface area contributed by atoms with Crippen LogP contribution in [0.4, 0.5) is 16.5 Å². The Morgan fingerprint density at radius 1 is 1.00 bits per heavy atom. The number of hydrogen-bond acceptors (Lipinski definition) is 7. The van der Waals surface area contributed by atoms with Crippen molar-refractivity contribution in [3.05, 3.63) is 29.2 Å². The Bertz CT molecular complexity index is 744. The second-order valence-corrected chi connectivity index (χ2v) is 6.75. The van der Waals surface area contributed by atoms with Crippen LogP contribution in [0.5, 0.6) is 0 Å². The zero-order valence-corrected chi connectivity index (χ0v) is 13.0. The van der Waals surface area contributed by atoms with Gasteiger partial charge in [-0.15, -0.1) is 22.7 Å². The first kappa shape index (κ1) is 12.8. The number of rotatable bonds is 2. The summed E-state index contributed by atoms with van der Waals surface area (Å²) in [5, 5.41) is 3.13. The van der Waals surface area contributed by atoms with Crippen LogP contribution >= 0.6 is 22.7 Å². The van der Waals surface area contributed by atoms with Crippen molar-refractivity contribution in [3.8, 4) is 0 Å². The highest BCUT2D eigenvalue weighted by molar-refractivity contribution is 7.16. The molecule has 108 valence electrons. The molecule has 0 radical (unpaired) electrons. The van der Waals surface area contributed by atoms with Gasteiger partial charge in [-0.3, -0.25) is 0 Å². The Labute approximate surface area is 130 Å². The number of thiazole rings is 2. The summed E-state index contributed by atoms with van der Waals surface area (Å²) in [7, 11) is 0. The normalized spacial score (nSPS) is 15.8. The van der Waals surface area contributed by atoms with Gasteiger partial charge in [-0.25, -0.2) is 9.97 Å². The number of anilines is 3. The Balaban J connectivity index is 1.56. The molecule has 0 aliphatic carbocycles. The lowest BCUT2D eigenvalue weighted by Gasteiger charge is -2.36. The SMILES string of the molecule is Nc1c(N2CCN(c3nccs3)CC2)ccc2scnc12. The maximum absolute atomic E-state index is 6.30. The molecule has 1 fully saturated rings. The lowest BCUT2D eigenvalue weighted by Crippen LogP contribution is -2.46. The van der Waals surface area contributed by atoms with E-state index in [0.717, 1.165) is 52.9 Å². The third kappa shape index (κ3) is 2.22. The minimum absolute atomic E-state index is 0.802. The molecule has 0 saturated carbocycles. The van der Waals surface area contributed by atoms with E-state index in [9.17, 15) is 0 Å². The second kappa shape index (κ2) is 5.16. The van der Waals surface area contributed by atoms with E-state index in [1.807, 2.05) is 17.1 Å². The van der Waals surface area contributed by atoms with Crippen LogP contribution in [0.2, 0.25) is 0 Å². The van der Waals surface area contributed by atoms with Crippen LogP contribution in [0.3, 0.4) is 0 Å². The topological polar surface area (TPSA) is 58.3 Å². The summed E-state index contributed by atoms with van der Waals surface area (Å²) in [4.78, 5) is 13.4. The van der Waals surface area contributed by atoms with Gasteiger partial charge in [0.1, 0.15) is 5.52 Å². The van der Waals surface area contributed by atoms with Crippen LogP contribution in [-0.2, 0) is 0 Å². The summed E-state index contributed by atoms with van der Waals surface area (Å²) in [6.07, 6.45) is 1.86. The molecule has 0 spiro atoms. The summed E-state index contributed by atoms with van der Waals surface area (Å²) in [5.41, 5.74) is 11.0. The third-order valence-corrected chi connectivity index (χ3v) is 5.46. The standard InChI is InChI=1S/C14H15N5S2/c15-12-10(1-2-11-13(12)17-9-21-11)18-4-6-19(7-5-18)14-16-3-8-20-14/h1-3,8-9H,4-7,15H2. The minimum Gasteiger partial charge on any atom is -0.395 e. The van der Waals surface area contributed by atoms with E-state index in [4.69, 9.17) is 5.73 Å². The Morgan fingerprint density at radius 3 is 2.57 bits per heavy atom. The molecule has 0 bridgehead atoms. The van der Waals surface area contributed by atoms with Gasteiger partial charge in [-0.05, 0) is 12.1 Å². The predicted molar refractivity (Wildman–Crippen MR) is 90.6 cm³/mol. The van der Waals surface area contributed by atoms with E-state index in [-0.39, 0.29) is 0 Å². The fourth-order valence-corrected chi connectivity index (χ4v) is 4.12. The van der Waals surface area contributed by atoms with Crippen molar-refractivity contribution in [1.82, 2.24) is 9.97 Å². The van der Waals surface area contributed by atoms with Gasteiger partial charge in [0.25, 0.3) is 0 Å². The fourth-order valence-electron chi connectivity index (χ4n) is 2.73. The molecule has 1 aliphatic rings. The molecule has 0 atom stereocenters. The first-order valence-corrected chi connectivity index (χ1v) is 8.60. The van der Waals surface area contributed by atoms with Crippen LogP contribution in [0.1, 0.15) is 0 Å². The number of nitrogens with two attached hydrogens (primary N) is 1. The molecule has 5 nitrogen and oxygen atoms in total. The second-order valence-electron chi connectivity index (χ2n) is 4.99. The average Bonchev–Trinajstić information content (AvgIpc) is 3.20. The number of piperazine rings is 1. The monoisotopic (exact) mass is 317 g/mol. The van der Waals surface area contributed by atoms with Gasteiger partial charge >= 0.3 is 0 Å². The van der Waals surface area contributed by atoms with Crippen LogP contribution in [0, 0.1) is 0 Å². The van der Waals surface area contributed by atoms with Crippen molar-refractivity contribution >= 4 is 49.4 Å². The molecule has 1 aromatic carbocycles. The molecule has 3 aromatic rings. The van der Waals surface area contributed by atoms with Gasteiger partial charge in [-0.2, -0.15) is 0 Å². The smallest absolute Gasteiger partial charge is 0.185 e. The molecule has 4 rings (SSSR count). The quantitative estimate of drug-likeness (QED) is 0.736. The summed E-state index contributed by atoms with van der Waals surface area (Å²) >= 11 is 3.33. The number of nitrogens with zero attached hydrogens (tertiary/aromatic N) is 4. The molecular formula is C14H15N5S2. The highest BCUT2D eigenvalue weighted by Crippen LogP contribution is 2.33. The highest BCUT2D eigenvalue weighted by Gasteiger charge is 2.21. The summed E-state index contributed by atoms with van der Waals surface area (Å²) < 4.78 is 1.15. The van der Waals surface area contributed by atoms with Crippen LogP contribution < -0.4 is 15.5 Å². The van der Waals surface area contributed by atoms with Crippen LogP contribution in [0.25, 0.3) is 10.2 Å². The van der Waals surface area contributed by atoms with E-state index in [0.29, 0.717) is 0 Å². The van der Waals surface area contributed by atoms with Gasteiger partial charge in [-0.1, -0.05) is 0 Å². The zero-order valence-electron chi connectivity index (χ0n) is 11.4. The van der Waals surface area contributed by atoms with E-state index >= 15 is 0 Å². The van der Waals surface area contributed by atoms with Crippen LogP contribution in [0.15, 0.2) is 29.2 Å². The fraction of sp³-hybridized carbons (Fsp3) is 0.286. The molecule has 3 heterocycles. The number of aromatic nitrogens is 2. The molecule has 0 amide bonds. The zero-order chi connectivity index (χ0) is 14.2. The summed E-state index contributed by atoms with van der Waals surface area (Å²) in [6.45, 7) is 3.86. The Kier molecular flexibility index (Phi) is 3.16. The maximum Gasteiger partial charge on any atom is 0.185 e. The molecule has 1 aliphatic heterocycles. The number of hydrogen-bond donors (Lipinski definition) is 1. The Morgan fingerprint density at radius 2 is 1.81 bits per heavy atom. The van der Waals surface area contributed by atoms with E-state index in [2.05, 4.69) is 31.9 Å². The molecule has 1 saturated heterocycles. The van der Waals surface area contributed by atoms with Crippen molar-refractivity contribution in [2.24, 2.45) is 0 Å². The molecule has 0 unspecified atom stereocenters. The molecular weight excluding hydrogens is 302 g/mol. The van der Waals surface area contributed by atoms with E-state index in [1.165, 1.54) is 0 Å². The lowest BCUT2D eigenvalue weighted by molar-refractivity contribution is 0.653. The van der Waals surface area contributed by atoms with E-state index < -0.39 is 0 Å². The summed E-state index contributed by atoms with van der Waals surface area (Å²) in [6, 6.07) is 4.24. The number of fused-ring (bicyclic) bond motifs is 1. The predicted octanol–water partition coefficient (Wildman–Crippen LogP) is 2.66. The van der Waals surface area contributed by atoms with Gasteiger partial charge in [0.2, 0.25) is 0 Å². The maximum atomic E-state index is 6.30. The minimum atomic E-state index is 0.802. The summed E-state index contributed by atoms with van der Waals surface area (Å²) in [5.74, 6) is 0. The van der Waals surface area contributed by atoms with E-state index in [1.54, 1.807) is 22.7 Å². The third-order valence-electron chi connectivity index (χ3n) is 3.83. The van der Waals surface area contributed by atoms with Gasteiger partial charge in [0.05, 0.1) is 21.6 Å². The molecule has 2 N–H and O–H groups in total. The molecule has 2 aromatic heterocycles. The number of benzene rings is 1. The van der Waals surface area contributed by atoms with Gasteiger partial charge in [0, 0.05) is 37.8 Å². The van der Waals surface area contributed by atoms with Crippen molar-refractivity contribution in [1.29, 1.82) is 0 Å².